The Labute approximate surface area is 121 Å². The zero-order chi connectivity index (χ0) is 14.5. The first kappa shape index (κ1) is 14.6. The molecule has 1 aromatic rings. The maximum Gasteiger partial charge on any atom is 0.314 e. The maximum absolute atomic E-state index is 12.2. The van der Waals surface area contributed by atoms with Gasteiger partial charge in [0.1, 0.15) is 0 Å². The van der Waals surface area contributed by atoms with Gasteiger partial charge in [0, 0.05) is 19.8 Å². The highest BCUT2D eigenvalue weighted by molar-refractivity contribution is 5.81. The van der Waals surface area contributed by atoms with Crippen LogP contribution in [0.5, 0.6) is 0 Å². The number of esters is 1. The summed E-state index contributed by atoms with van der Waals surface area (Å²) in [6.07, 6.45) is 2.93. The first-order chi connectivity index (χ1) is 9.65. The molecule has 0 aromatic heterocycles. The van der Waals surface area contributed by atoms with Crippen LogP contribution in [0, 0.1) is 5.92 Å². The number of ether oxygens (including phenoxy) is 1. The smallest absolute Gasteiger partial charge is 0.314 e. The van der Waals surface area contributed by atoms with E-state index >= 15 is 0 Å². The van der Waals surface area contributed by atoms with Crippen LogP contribution >= 0.6 is 0 Å². The quantitative estimate of drug-likeness (QED) is 0.788. The van der Waals surface area contributed by atoms with E-state index in [1.807, 2.05) is 39.2 Å². The van der Waals surface area contributed by atoms with E-state index in [9.17, 15) is 4.79 Å². The van der Waals surface area contributed by atoms with Crippen molar-refractivity contribution in [1.29, 1.82) is 0 Å². The Kier molecular flexibility index (Phi) is 4.83. The van der Waals surface area contributed by atoms with Gasteiger partial charge in [-0.15, -0.1) is 0 Å². The van der Waals surface area contributed by atoms with Crippen molar-refractivity contribution in [1.82, 2.24) is 4.90 Å². The Morgan fingerprint density at radius 3 is 2.60 bits per heavy atom. The SMILES string of the molecule is CCOC(=O)C1CCCC(c2ccccc2)=C1N(C)C. The summed E-state index contributed by atoms with van der Waals surface area (Å²) in [6, 6.07) is 10.3. The van der Waals surface area contributed by atoms with E-state index in [4.69, 9.17) is 4.74 Å². The van der Waals surface area contributed by atoms with E-state index in [0.717, 1.165) is 25.0 Å². The monoisotopic (exact) mass is 273 g/mol. The van der Waals surface area contributed by atoms with Gasteiger partial charge in [-0.25, -0.2) is 0 Å². The van der Waals surface area contributed by atoms with Crippen LogP contribution in [-0.4, -0.2) is 31.6 Å². The Hall–Kier alpha value is -1.77. The van der Waals surface area contributed by atoms with Crippen molar-refractivity contribution in [2.45, 2.75) is 26.2 Å². The largest absolute Gasteiger partial charge is 0.465 e. The van der Waals surface area contributed by atoms with E-state index < -0.39 is 0 Å². The van der Waals surface area contributed by atoms with Gasteiger partial charge in [-0.1, -0.05) is 30.3 Å². The highest BCUT2D eigenvalue weighted by Gasteiger charge is 2.31. The molecule has 3 nitrogen and oxygen atoms in total. The third-order valence-electron chi connectivity index (χ3n) is 3.73. The molecule has 0 bridgehead atoms. The summed E-state index contributed by atoms with van der Waals surface area (Å²) < 4.78 is 5.25. The van der Waals surface area contributed by atoms with Gasteiger partial charge in [-0.2, -0.15) is 0 Å². The number of hydrogen-bond acceptors (Lipinski definition) is 3. The Balaban J connectivity index is 2.43. The first-order valence-corrected chi connectivity index (χ1v) is 7.27. The average Bonchev–Trinajstić information content (AvgIpc) is 2.47. The standard InChI is InChI=1S/C17H23NO2/c1-4-20-17(19)15-12-8-11-14(16(15)18(2)3)13-9-6-5-7-10-13/h5-7,9-10,15H,4,8,11-12H2,1-3H3. The molecule has 1 aromatic carbocycles. The molecule has 2 rings (SSSR count). The van der Waals surface area contributed by atoms with Crippen molar-refractivity contribution >= 4 is 11.5 Å². The summed E-state index contributed by atoms with van der Waals surface area (Å²) >= 11 is 0. The van der Waals surface area contributed by atoms with Crippen LogP contribution < -0.4 is 0 Å². The zero-order valence-electron chi connectivity index (χ0n) is 12.6. The molecule has 1 unspecified atom stereocenters. The summed E-state index contributed by atoms with van der Waals surface area (Å²) in [4.78, 5) is 14.3. The number of carbonyl (C=O) groups is 1. The Bertz CT molecular complexity index is 491. The fraction of sp³-hybridized carbons (Fsp3) is 0.471. The third kappa shape index (κ3) is 3.03. The van der Waals surface area contributed by atoms with Crippen molar-refractivity contribution < 1.29 is 9.53 Å². The highest BCUT2D eigenvalue weighted by atomic mass is 16.5. The minimum absolute atomic E-state index is 0.0932. The van der Waals surface area contributed by atoms with Crippen molar-refractivity contribution in [2.75, 3.05) is 20.7 Å². The van der Waals surface area contributed by atoms with Gasteiger partial charge in [0.25, 0.3) is 0 Å². The number of hydrogen-bond donors (Lipinski definition) is 0. The predicted octanol–water partition coefficient (Wildman–Crippen LogP) is 3.32. The second-order valence-electron chi connectivity index (χ2n) is 5.32. The first-order valence-electron chi connectivity index (χ1n) is 7.27. The molecule has 0 radical (unpaired) electrons. The van der Waals surface area contributed by atoms with Crippen LogP contribution in [0.15, 0.2) is 36.0 Å². The second kappa shape index (κ2) is 6.60. The van der Waals surface area contributed by atoms with Gasteiger partial charge in [0.2, 0.25) is 0 Å². The number of carbonyl (C=O) groups excluding carboxylic acids is 1. The maximum atomic E-state index is 12.2. The molecule has 1 atom stereocenters. The molecule has 3 heteroatoms. The predicted molar refractivity (Wildman–Crippen MR) is 81.0 cm³/mol. The number of benzene rings is 1. The molecule has 0 saturated carbocycles. The van der Waals surface area contributed by atoms with Gasteiger partial charge in [0.15, 0.2) is 0 Å². The van der Waals surface area contributed by atoms with Crippen molar-refractivity contribution in [3.63, 3.8) is 0 Å². The van der Waals surface area contributed by atoms with Crippen molar-refractivity contribution in [2.24, 2.45) is 5.92 Å². The van der Waals surface area contributed by atoms with E-state index in [2.05, 4.69) is 17.0 Å². The van der Waals surface area contributed by atoms with E-state index in [1.165, 1.54) is 11.1 Å². The van der Waals surface area contributed by atoms with Gasteiger partial charge in [-0.05, 0) is 37.3 Å². The Morgan fingerprint density at radius 2 is 2.00 bits per heavy atom. The molecule has 20 heavy (non-hydrogen) atoms. The summed E-state index contributed by atoms with van der Waals surface area (Å²) in [5, 5.41) is 0. The summed E-state index contributed by atoms with van der Waals surface area (Å²) in [7, 11) is 4.02. The summed E-state index contributed by atoms with van der Waals surface area (Å²) in [5.41, 5.74) is 3.60. The minimum Gasteiger partial charge on any atom is -0.465 e. The number of rotatable bonds is 4. The third-order valence-corrected chi connectivity index (χ3v) is 3.73. The lowest BCUT2D eigenvalue weighted by molar-refractivity contribution is -0.147. The summed E-state index contributed by atoms with van der Waals surface area (Å²) in [6.45, 7) is 2.30. The lowest BCUT2D eigenvalue weighted by atomic mass is 9.83. The molecule has 0 saturated heterocycles. The highest BCUT2D eigenvalue weighted by Crippen LogP contribution is 2.37. The van der Waals surface area contributed by atoms with Crippen molar-refractivity contribution in [3.8, 4) is 0 Å². The van der Waals surface area contributed by atoms with Crippen LogP contribution in [0.25, 0.3) is 5.57 Å². The van der Waals surface area contributed by atoms with Gasteiger partial charge < -0.3 is 9.64 Å². The normalized spacial score (nSPS) is 18.9. The molecule has 1 aliphatic carbocycles. The molecule has 0 spiro atoms. The average molecular weight is 273 g/mol. The van der Waals surface area contributed by atoms with Crippen LogP contribution in [-0.2, 0) is 9.53 Å². The lowest BCUT2D eigenvalue weighted by Crippen LogP contribution is -2.30. The Morgan fingerprint density at radius 1 is 1.30 bits per heavy atom. The molecule has 0 aliphatic heterocycles. The minimum atomic E-state index is -0.131. The molecular weight excluding hydrogens is 250 g/mol. The van der Waals surface area contributed by atoms with Crippen LogP contribution in [0.1, 0.15) is 31.7 Å². The van der Waals surface area contributed by atoms with Gasteiger partial charge >= 0.3 is 5.97 Å². The van der Waals surface area contributed by atoms with Crippen LogP contribution in [0.2, 0.25) is 0 Å². The van der Waals surface area contributed by atoms with Gasteiger partial charge in [-0.3, -0.25) is 4.79 Å². The van der Waals surface area contributed by atoms with Crippen molar-refractivity contribution in [3.05, 3.63) is 41.6 Å². The summed E-state index contributed by atoms with van der Waals surface area (Å²) in [5.74, 6) is -0.224. The van der Waals surface area contributed by atoms with Crippen LogP contribution in [0.4, 0.5) is 0 Å². The topological polar surface area (TPSA) is 29.5 Å². The zero-order valence-corrected chi connectivity index (χ0v) is 12.6. The molecule has 1 aliphatic rings. The molecule has 0 heterocycles. The molecule has 0 amide bonds. The van der Waals surface area contributed by atoms with E-state index in [1.54, 1.807) is 0 Å². The molecule has 108 valence electrons. The molecule has 0 N–H and O–H groups in total. The van der Waals surface area contributed by atoms with Gasteiger partial charge in [0.05, 0.1) is 12.5 Å². The lowest BCUT2D eigenvalue weighted by Gasteiger charge is -2.32. The van der Waals surface area contributed by atoms with E-state index in [-0.39, 0.29) is 11.9 Å². The second-order valence-corrected chi connectivity index (χ2v) is 5.32. The fourth-order valence-electron chi connectivity index (χ4n) is 2.94. The van der Waals surface area contributed by atoms with E-state index in [0.29, 0.717) is 6.61 Å². The molecular formula is C17H23NO2. The van der Waals surface area contributed by atoms with Crippen LogP contribution in [0.3, 0.4) is 0 Å². The molecule has 0 fully saturated rings. The fourth-order valence-corrected chi connectivity index (χ4v) is 2.94. The number of allylic oxidation sites excluding steroid dienone is 1. The number of nitrogens with zero attached hydrogens (tertiary/aromatic N) is 1.